The van der Waals surface area contributed by atoms with Crippen molar-refractivity contribution in [3.05, 3.63) is 34.3 Å². The molecule has 0 amide bonds. The summed E-state index contributed by atoms with van der Waals surface area (Å²) < 4.78 is 1.11. The van der Waals surface area contributed by atoms with Gasteiger partial charge in [0.25, 0.3) is 0 Å². The fraction of sp³-hybridized carbons (Fsp3) is 0.500. The van der Waals surface area contributed by atoms with Gasteiger partial charge in [0, 0.05) is 16.6 Å². The van der Waals surface area contributed by atoms with E-state index in [2.05, 4.69) is 59.4 Å². The van der Waals surface area contributed by atoms with Gasteiger partial charge in [0.2, 0.25) is 0 Å². The van der Waals surface area contributed by atoms with Crippen LogP contribution in [0, 0.1) is 0 Å². The second kappa shape index (κ2) is 5.64. The molecule has 0 aliphatic carbocycles. The van der Waals surface area contributed by atoms with E-state index in [1.807, 2.05) is 0 Å². The van der Waals surface area contributed by atoms with E-state index in [0.717, 1.165) is 17.4 Å². The fourth-order valence-electron chi connectivity index (χ4n) is 1.69. The Morgan fingerprint density at radius 3 is 2.40 bits per heavy atom. The summed E-state index contributed by atoms with van der Waals surface area (Å²) in [5.74, 6) is 0. The predicted octanol–water partition coefficient (Wildman–Crippen LogP) is 2.32. The van der Waals surface area contributed by atoms with E-state index in [-0.39, 0.29) is 5.54 Å². The molecule has 0 saturated carbocycles. The van der Waals surface area contributed by atoms with E-state index in [1.165, 1.54) is 5.56 Å². The van der Waals surface area contributed by atoms with Gasteiger partial charge in [-0.25, -0.2) is 0 Å². The van der Waals surface area contributed by atoms with Gasteiger partial charge in [0.15, 0.2) is 0 Å². The van der Waals surface area contributed by atoms with Gasteiger partial charge >= 0.3 is 0 Å². The Hall–Kier alpha value is -0.380. The number of rotatable bonds is 5. The number of nitrogens with two attached hydrogens (primary N) is 1. The maximum Gasteiger partial charge on any atom is 0.0316 e. The summed E-state index contributed by atoms with van der Waals surface area (Å²) in [5, 5.41) is 3.44. The summed E-state index contributed by atoms with van der Waals surface area (Å²) in [7, 11) is 0. The van der Waals surface area contributed by atoms with Crippen LogP contribution in [0.5, 0.6) is 0 Å². The summed E-state index contributed by atoms with van der Waals surface area (Å²) in [6, 6.07) is 8.40. The van der Waals surface area contributed by atoms with Gasteiger partial charge in [-0.3, -0.25) is 0 Å². The Morgan fingerprint density at radius 2 is 1.93 bits per heavy atom. The first-order valence-corrected chi connectivity index (χ1v) is 6.08. The van der Waals surface area contributed by atoms with Crippen molar-refractivity contribution >= 4 is 15.9 Å². The summed E-state index contributed by atoms with van der Waals surface area (Å²) in [6.07, 6.45) is 0.963. The maximum absolute atomic E-state index is 5.80. The van der Waals surface area contributed by atoms with Crippen LogP contribution in [0.15, 0.2) is 28.7 Å². The first-order valence-electron chi connectivity index (χ1n) is 5.29. The minimum Gasteiger partial charge on any atom is -0.329 e. The SMILES string of the molecule is CCNC(C)(CN)Cc1ccc(Br)cc1. The number of hydrogen-bond donors (Lipinski definition) is 2. The molecule has 1 unspecified atom stereocenters. The lowest BCUT2D eigenvalue weighted by molar-refractivity contribution is 0.370. The lowest BCUT2D eigenvalue weighted by Gasteiger charge is -2.29. The molecule has 15 heavy (non-hydrogen) atoms. The van der Waals surface area contributed by atoms with E-state index in [1.54, 1.807) is 0 Å². The largest absolute Gasteiger partial charge is 0.329 e. The van der Waals surface area contributed by atoms with Gasteiger partial charge in [-0.2, -0.15) is 0 Å². The van der Waals surface area contributed by atoms with Crippen LogP contribution in [0.1, 0.15) is 19.4 Å². The Kier molecular flexibility index (Phi) is 4.77. The molecule has 0 spiro atoms. The van der Waals surface area contributed by atoms with Crippen molar-refractivity contribution in [2.45, 2.75) is 25.8 Å². The van der Waals surface area contributed by atoms with Crippen LogP contribution in [0.2, 0.25) is 0 Å². The van der Waals surface area contributed by atoms with E-state index < -0.39 is 0 Å². The quantitative estimate of drug-likeness (QED) is 0.862. The normalized spacial score (nSPS) is 14.9. The molecule has 0 heterocycles. The summed E-state index contributed by atoms with van der Waals surface area (Å²) in [5.41, 5.74) is 7.11. The fourth-order valence-corrected chi connectivity index (χ4v) is 1.95. The monoisotopic (exact) mass is 270 g/mol. The molecule has 0 bridgehead atoms. The van der Waals surface area contributed by atoms with Crippen LogP contribution in [0.4, 0.5) is 0 Å². The molecule has 3 heteroatoms. The molecule has 0 aliphatic rings. The van der Waals surface area contributed by atoms with Crippen molar-refractivity contribution in [1.82, 2.24) is 5.32 Å². The van der Waals surface area contributed by atoms with E-state index in [4.69, 9.17) is 5.73 Å². The number of likely N-dealkylation sites (N-methyl/N-ethyl adjacent to an activating group) is 1. The molecule has 0 fully saturated rings. The molecule has 84 valence electrons. The topological polar surface area (TPSA) is 38.0 Å². The van der Waals surface area contributed by atoms with Crippen molar-refractivity contribution in [3.8, 4) is 0 Å². The van der Waals surface area contributed by atoms with Crippen LogP contribution in [-0.2, 0) is 6.42 Å². The zero-order chi connectivity index (χ0) is 11.3. The smallest absolute Gasteiger partial charge is 0.0316 e. The van der Waals surface area contributed by atoms with Gasteiger partial charge < -0.3 is 11.1 Å². The predicted molar refractivity (Wildman–Crippen MR) is 69.0 cm³/mol. The molecule has 1 atom stereocenters. The summed E-state index contributed by atoms with van der Waals surface area (Å²) >= 11 is 3.43. The molecular weight excluding hydrogens is 252 g/mol. The molecule has 3 N–H and O–H groups in total. The van der Waals surface area contributed by atoms with Gasteiger partial charge in [-0.1, -0.05) is 35.0 Å². The average molecular weight is 271 g/mol. The second-order valence-electron chi connectivity index (χ2n) is 4.10. The third-order valence-corrected chi connectivity index (χ3v) is 3.09. The first kappa shape index (κ1) is 12.7. The highest BCUT2D eigenvalue weighted by Crippen LogP contribution is 2.15. The van der Waals surface area contributed by atoms with Crippen LogP contribution in [0.25, 0.3) is 0 Å². The molecule has 1 aromatic rings. The minimum absolute atomic E-state index is 0.00256. The first-order chi connectivity index (χ1) is 7.09. The van der Waals surface area contributed by atoms with Gasteiger partial charge in [-0.05, 0) is 37.6 Å². The Labute approximate surface area is 100 Å². The highest BCUT2D eigenvalue weighted by atomic mass is 79.9. The van der Waals surface area contributed by atoms with Crippen molar-refractivity contribution in [1.29, 1.82) is 0 Å². The lowest BCUT2D eigenvalue weighted by Crippen LogP contribution is -2.50. The van der Waals surface area contributed by atoms with Crippen molar-refractivity contribution in [2.24, 2.45) is 5.73 Å². The van der Waals surface area contributed by atoms with E-state index in [9.17, 15) is 0 Å². The van der Waals surface area contributed by atoms with Gasteiger partial charge in [0.1, 0.15) is 0 Å². The number of hydrogen-bond acceptors (Lipinski definition) is 2. The highest BCUT2D eigenvalue weighted by Gasteiger charge is 2.20. The molecule has 0 saturated heterocycles. The lowest BCUT2D eigenvalue weighted by atomic mass is 9.93. The maximum atomic E-state index is 5.80. The van der Waals surface area contributed by atoms with E-state index in [0.29, 0.717) is 6.54 Å². The molecular formula is C12H19BrN2. The molecule has 1 aromatic carbocycles. The van der Waals surface area contributed by atoms with Crippen LogP contribution in [0.3, 0.4) is 0 Å². The Bertz CT molecular complexity index is 297. The molecule has 2 nitrogen and oxygen atoms in total. The zero-order valence-corrected chi connectivity index (χ0v) is 11.0. The van der Waals surface area contributed by atoms with E-state index >= 15 is 0 Å². The van der Waals surface area contributed by atoms with Crippen molar-refractivity contribution < 1.29 is 0 Å². The Balaban J connectivity index is 2.70. The molecule has 0 radical (unpaired) electrons. The second-order valence-corrected chi connectivity index (χ2v) is 5.01. The molecule has 1 rings (SSSR count). The third-order valence-electron chi connectivity index (χ3n) is 2.56. The third kappa shape index (κ3) is 3.93. The van der Waals surface area contributed by atoms with Crippen LogP contribution in [-0.4, -0.2) is 18.6 Å². The van der Waals surface area contributed by atoms with Crippen molar-refractivity contribution in [2.75, 3.05) is 13.1 Å². The minimum atomic E-state index is 0.00256. The van der Waals surface area contributed by atoms with Crippen molar-refractivity contribution in [3.63, 3.8) is 0 Å². The van der Waals surface area contributed by atoms with Gasteiger partial charge in [-0.15, -0.1) is 0 Å². The van der Waals surface area contributed by atoms with Crippen LogP contribution < -0.4 is 11.1 Å². The molecule has 0 aliphatic heterocycles. The van der Waals surface area contributed by atoms with Crippen LogP contribution >= 0.6 is 15.9 Å². The summed E-state index contributed by atoms with van der Waals surface area (Å²) in [6.45, 7) is 5.87. The zero-order valence-electron chi connectivity index (χ0n) is 9.39. The number of benzene rings is 1. The molecule has 0 aromatic heterocycles. The highest BCUT2D eigenvalue weighted by molar-refractivity contribution is 9.10. The average Bonchev–Trinajstić information content (AvgIpc) is 2.22. The number of halogens is 1. The Morgan fingerprint density at radius 1 is 1.33 bits per heavy atom. The number of nitrogens with one attached hydrogen (secondary N) is 1. The van der Waals surface area contributed by atoms with Gasteiger partial charge in [0.05, 0.1) is 0 Å². The standard InChI is InChI=1S/C12H19BrN2/c1-3-15-12(2,9-14)8-10-4-6-11(13)7-5-10/h4-7,15H,3,8-9,14H2,1-2H3. The summed E-state index contributed by atoms with van der Waals surface area (Å²) in [4.78, 5) is 0.